The van der Waals surface area contributed by atoms with E-state index in [2.05, 4.69) is 4.98 Å². The Hall–Kier alpha value is -1.10. The number of rotatable bonds is 2. The summed E-state index contributed by atoms with van der Waals surface area (Å²) in [6.07, 6.45) is 2.65. The molecule has 2 N–H and O–H groups in total. The van der Waals surface area contributed by atoms with Gasteiger partial charge in [0, 0.05) is 12.5 Å². The third-order valence-electron chi connectivity index (χ3n) is 1.28. The Morgan fingerprint density at radius 3 is 2.58 bits per heavy atom. The van der Waals surface area contributed by atoms with E-state index in [0.717, 1.165) is 0 Å². The zero-order valence-corrected chi connectivity index (χ0v) is 7.50. The lowest BCUT2D eigenvalue weighted by Crippen LogP contribution is -2.01. The minimum Gasteiger partial charge on any atom is -0.384 e. The Kier molecular flexibility index (Phi) is 2.32. The summed E-state index contributed by atoms with van der Waals surface area (Å²) < 4.78 is 21.7. The first-order valence-corrected chi connectivity index (χ1v) is 5.41. The predicted molar refractivity (Wildman–Crippen MR) is 47.2 cm³/mol. The van der Waals surface area contributed by atoms with Crippen molar-refractivity contribution in [2.45, 2.75) is 5.75 Å². The van der Waals surface area contributed by atoms with Crippen LogP contribution in [0.5, 0.6) is 0 Å². The molecule has 0 spiro atoms. The molecule has 5 heteroatoms. The van der Waals surface area contributed by atoms with Crippen molar-refractivity contribution in [3.63, 3.8) is 0 Å². The monoisotopic (exact) mass is 186 g/mol. The highest BCUT2D eigenvalue weighted by Gasteiger charge is 2.03. The number of anilines is 1. The van der Waals surface area contributed by atoms with Crippen LogP contribution in [-0.4, -0.2) is 19.7 Å². The van der Waals surface area contributed by atoms with Crippen molar-refractivity contribution < 1.29 is 8.42 Å². The minimum absolute atomic E-state index is 0.0142. The second kappa shape index (κ2) is 3.10. The standard InChI is InChI=1S/C7H10N2O2S/c1-12(10,11)5-6-2-3-7(8)9-4-6/h2-4H,5H2,1H3,(H2,8,9). The molecular weight excluding hydrogens is 176 g/mol. The molecule has 12 heavy (non-hydrogen) atoms. The van der Waals surface area contributed by atoms with Gasteiger partial charge < -0.3 is 5.73 Å². The highest BCUT2D eigenvalue weighted by Crippen LogP contribution is 2.04. The second-order valence-electron chi connectivity index (χ2n) is 2.66. The van der Waals surface area contributed by atoms with E-state index >= 15 is 0 Å². The second-order valence-corrected chi connectivity index (χ2v) is 4.80. The fraction of sp³-hybridized carbons (Fsp3) is 0.286. The number of hydrogen-bond acceptors (Lipinski definition) is 4. The van der Waals surface area contributed by atoms with E-state index in [0.29, 0.717) is 11.4 Å². The topological polar surface area (TPSA) is 73.0 Å². The molecule has 0 aromatic carbocycles. The van der Waals surface area contributed by atoms with E-state index in [1.165, 1.54) is 12.5 Å². The van der Waals surface area contributed by atoms with Crippen molar-refractivity contribution in [2.24, 2.45) is 0 Å². The fourth-order valence-electron chi connectivity index (χ4n) is 0.824. The van der Waals surface area contributed by atoms with E-state index < -0.39 is 9.84 Å². The predicted octanol–water partition coefficient (Wildman–Crippen LogP) is 0.208. The summed E-state index contributed by atoms with van der Waals surface area (Å²) in [4.78, 5) is 3.78. The van der Waals surface area contributed by atoms with Crippen molar-refractivity contribution in [3.8, 4) is 0 Å². The van der Waals surface area contributed by atoms with E-state index in [9.17, 15) is 8.42 Å². The van der Waals surface area contributed by atoms with Gasteiger partial charge in [-0.1, -0.05) is 6.07 Å². The maximum atomic E-state index is 10.8. The molecule has 1 rings (SSSR count). The molecule has 66 valence electrons. The van der Waals surface area contributed by atoms with E-state index in [1.54, 1.807) is 12.1 Å². The average Bonchev–Trinajstić information content (AvgIpc) is 1.91. The van der Waals surface area contributed by atoms with Crippen LogP contribution in [0.2, 0.25) is 0 Å². The first-order chi connectivity index (χ1) is 5.47. The Morgan fingerprint density at radius 2 is 2.17 bits per heavy atom. The first-order valence-electron chi connectivity index (χ1n) is 3.35. The number of nitrogens with zero attached hydrogens (tertiary/aromatic N) is 1. The SMILES string of the molecule is CS(=O)(=O)Cc1ccc(N)nc1. The number of hydrogen-bond donors (Lipinski definition) is 1. The molecule has 1 aromatic heterocycles. The Bertz CT molecular complexity index is 355. The summed E-state index contributed by atoms with van der Waals surface area (Å²) in [5.74, 6) is 0.410. The molecule has 0 unspecified atom stereocenters. The van der Waals surface area contributed by atoms with Crippen molar-refractivity contribution >= 4 is 15.7 Å². The maximum absolute atomic E-state index is 10.8. The number of pyridine rings is 1. The summed E-state index contributed by atoms with van der Waals surface area (Å²) in [5.41, 5.74) is 5.99. The van der Waals surface area contributed by atoms with Gasteiger partial charge in [-0.05, 0) is 11.6 Å². The van der Waals surface area contributed by atoms with Gasteiger partial charge in [0.2, 0.25) is 0 Å². The third-order valence-corrected chi connectivity index (χ3v) is 2.13. The molecule has 0 atom stereocenters. The Balaban J connectivity index is 2.85. The van der Waals surface area contributed by atoms with Crippen LogP contribution in [0.4, 0.5) is 5.82 Å². The summed E-state index contributed by atoms with van der Waals surface area (Å²) >= 11 is 0. The van der Waals surface area contributed by atoms with Crippen molar-refractivity contribution in [2.75, 3.05) is 12.0 Å². The van der Waals surface area contributed by atoms with Gasteiger partial charge in [0.15, 0.2) is 9.84 Å². The molecule has 0 fully saturated rings. The Labute approximate surface area is 71.3 Å². The molecule has 1 heterocycles. The highest BCUT2D eigenvalue weighted by atomic mass is 32.2. The quantitative estimate of drug-likeness (QED) is 0.716. The molecular formula is C7H10N2O2S. The van der Waals surface area contributed by atoms with E-state index in [-0.39, 0.29) is 5.75 Å². The van der Waals surface area contributed by atoms with Gasteiger partial charge in [0.05, 0.1) is 5.75 Å². The molecule has 4 nitrogen and oxygen atoms in total. The van der Waals surface area contributed by atoms with Gasteiger partial charge in [-0.15, -0.1) is 0 Å². The van der Waals surface area contributed by atoms with Crippen LogP contribution in [-0.2, 0) is 15.6 Å². The molecule has 0 aliphatic carbocycles. The molecule has 1 aromatic rings. The summed E-state index contributed by atoms with van der Waals surface area (Å²) in [5, 5.41) is 0. The van der Waals surface area contributed by atoms with Crippen LogP contribution >= 0.6 is 0 Å². The zero-order valence-electron chi connectivity index (χ0n) is 6.69. The van der Waals surface area contributed by atoms with Crippen LogP contribution in [0.1, 0.15) is 5.56 Å². The fourth-order valence-corrected chi connectivity index (χ4v) is 1.60. The van der Waals surface area contributed by atoms with Crippen molar-refractivity contribution in [1.29, 1.82) is 0 Å². The first kappa shape index (κ1) is 8.99. The van der Waals surface area contributed by atoms with E-state index in [1.807, 2.05) is 0 Å². The van der Waals surface area contributed by atoms with Gasteiger partial charge in [0.1, 0.15) is 5.82 Å². The molecule has 0 radical (unpaired) electrons. The highest BCUT2D eigenvalue weighted by molar-refractivity contribution is 7.89. The van der Waals surface area contributed by atoms with Gasteiger partial charge in [0.25, 0.3) is 0 Å². The lowest BCUT2D eigenvalue weighted by molar-refractivity contribution is 0.601. The van der Waals surface area contributed by atoms with Crippen molar-refractivity contribution in [1.82, 2.24) is 4.98 Å². The number of sulfone groups is 1. The van der Waals surface area contributed by atoms with Crippen LogP contribution in [0, 0.1) is 0 Å². The van der Waals surface area contributed by atoms with Crippen molar-refractivity contribution in [3.05, 3.63) is 23.9 Å². The van der Waals surface area contributed by atoms with Gasteiger partial charge in [-0.25, -0.2) is 13.4 Å². The molecule has 0 saturated heterocycles. The molecule has 0 aliphatic heterocycles. The number of nitrogen functional groups attached to an aromatic ring is 1. The van der Waals surface area contributed by atoms with Gasteiger partial charge in [-0.3, -0.25) is 0 Å². The smallest absolute Gasteiger partial charge is 0.151 e. The molecule has 0 bridgehead atoms. The number of nitrogens with two attached hydrogens (primary N) is 1. The van der Waals surface area contributed by atoms with Gasteiger partial charge in [-0.2, -0.15) is 0 Å². The average molecular weight is 186 g/mol. The van der Waals surface area contributed by atoms with Crippen LogP contribution in [0.3, 0.4) is 0 Å². The summed E-state index contributed by atoms with van der Waals surface area (Å²) in [6, 6.07) is 3.24. The van der Waals surface area contributed by atoms with E-state index in [4.69, 9.17) is 5.73 Å². The van der Waals surface area contributed by atoms with Gasteiger partial charge >= 0.3 is 0 Å². The lowest BCUT2D eigenvalue weighted by Gasteiger charge is -1.98. The third kappa shape index (κ3) is 2.87. The van der Waals surface area contributed by atoms with Crippen LogP contribution in [0.15, 0.2) is 18.3 Å². The summed E-state index contributed by atoms with van der Waals surface area (Å²) in [7, 11) is -2.97. The maximum Gasteiger partial charge on any atom is 0.151 e. The normalized spacial score (nSPS) is 11.4. The van der Waals surface area contributed by atoms with Crippen LogP contribution < -0.4 is 5.73 Å². The Morgan fingerprint density at radius 1 is 1.50 bits per heavy atom. The minimum atomic E-state index is -2.97. The largest absolute Gasteiger partial charge is 0.384 e. The molecule has 0 saturated carbocycles. The molecule has 0 aliphatic rings. The summed E-state index contributed by atoms with van der Waals surface area (Å²) in [6.45, 7) is 0. The number of aromatic nitrogens is 1. The zero-order chi connectivity index (χ0) is 9.19. The molecule has 0 amide bonds. The van der Waals surface area contributed by atoms with Crippen LogP contribution in [0.25, 0.3) is 0 Å². The lowest BCUT2D eigenvalue weighted by atomic mass is 10.3.